The van der Waals surface area contributed by atoms with E-state index in [4.69, 9.17) is 9.47 Å². The van der Waals surface area contributed by atoms with Gasteiger partial charge in [0.05, 0.1) is 4.90 Å². The predicted molar refractivity (Wildman–Crippen MR) is 104 cm³/mol. The van der Waals surface area contributed by atoms with Crippen molar-refractivity contribution in [1.82, 2.24) is 4.72 Å². The standard InChI is InChI=1S/C20H22N2O5S/c1-13-3-6-19(14(2)7-13)28(24,25)21-10-15-8-20(23)22(11-15)16-4-5-17-18(9-16)27-12-26-17/h3-7,9,15,21H,8,10-12H2,1-2H3/t15-/m1/s1. The van der Waals surface area contributed by atoms with Gasteiger partial charge in [0.15, 0.2) is 11.5 Å². The van der Waals surface area contributed by atoms with Gasteiger partial charge in [0.2, 0.25) is 22.7 Å². The molecule has 148 valence electrons. The molecule has 1 atom stereocenters. The number of nitrogens with zero attached hydrogens (tertiary/aromatic N) is 1. The largest absolute Gasteiger partial charge is 0.454 e. The zero-order chi connectivity index (χ0) is 19.9. The van der Waals surface area contributed by atoms with Crippen LogP contribution in [0.3, 0.4) is 0 Å². The van der Waals surface area contributed by atoms with E-state index >= 15 is 0 Å². The Labute approximate surface area is 164 Å². The number of carbonyl (C=O) groups excluding carboxylic acids is 1. The first-order valence-corrected chi connectivity index (χ1v) is 10.6. The van der Waals surface area contributed by atoms with Crippen LogP contribution in [0.4, 0.5) is 5.69 Å². The van der Waals surface area contributed by atoms with Crippen LogP contribution in [0, 0.1) is 19.8 Å². The number of hydrogen-bond donors (Lipinski definition) is 1. The monoisotopic (exact) mass is 402 g/mol. The quantitative estimate of drug-likeness (QED) is 0.830. The molecule has 0 saturated carbocycles. The van der Waals surface area contributed by atoms with Gasteiger partial charge in [-0.05, 0) is 43.5 Å². The van der Waals surface area contributed by atoms with Crippen molar-refractivity contribution in [1.29, 1.82) is 0 Å². The Hall–Kier alpha value is -2.58. The molecule has 2 aliphatic rings. The number of hydrogen-bond acceptors (Lipinski definition) is 5. The first kappa shape index (κ1) is 18.8. The predicted octanol–water partition coefficient (Wildman–Crippen LogP) is 2.36. The van der Waals surface area contributed by atoms with Crippen LogP contribution in [0.1, 0.15) is 17.5 Å². The molecule has 0 bridgehead atoms. The van der Waals surface area contributed by atoms with Gasteiger partial charge < -0.3 is 14.4 Å². The molecule has 0 aromatic heterocycles. The SMILES string of the molecule is Cc1ccc(S(=O)(=O)NC[C@H]2CC(=O)N(c3ccc4c(c3)OCO4)C2)c(C)c1. The van der Waals surface area contributed by atoms with Crippen molar-refractivity contribution < 1.29 is 22.7 Å². The van der Waals surface area contributed by atoms with Crippen molar-refractivity contribution in [2.24, 2.45) is 5.92 Å². The van der Waals surface area contributed by atoms with Crippen molar-refractivity contribution in [3.05, 3.63) is 47.5 Å². The van der Waals surface area contributed by atoms with Crippen LogP contribution in [-0.4, -0.2) is 34.2 Å². The maximum absolute atomic E-state index is 12.6. The second-order valence-corrected chi connectivity index (χ2v) is 8.97. The fourth-order valence-corrected chi connectivity index (χ4v) is 4.97. The molecular weight excluding hydrogens is 380 g/mol. The molecule has 8 heteroatoms. The summed E-state index contributed by atoms with van der Waals surface area (Å²) < 4.78 is 38.6. The number of rotatable bonds is 5. The Morgan fingerprint density at radius 2 is 1.89 bits per heavy atom. The van der Waals surface area contributed by atoms with E-state index in [1.165, 1.54) is 0 Å². The smallest absolute Gasteiger partial charge is 0.240 e. The third kappa shape index (κ3) is 3.57. The second kappa shape index (κ2) is 7.10. The molecule has 4 rings (SSSR count). The molecule has 7 nitrogen and oxygen atoms in total. The van der Waals surface area contributed by atoms with E-state index in [-0.39, 0.29) is 30.1 Å². The minimum atomic E-state index is -3.62. The van der Waals surface area contributed by atoms with Crippen LogP contribution >= 0.6 is 0 Å². The van der Waals surface area contributed by atoms with Crippen LogP contribution in [0.15, 0.2) is 41.3 Å². The highest BCUT2D eigenvalue weighted by Gasteiger charge is 2.32. The molecular formula is C20H22N2O5S. The lowest BCUT2D eigenvalue weighted by atomic mass is 10.1. The molecule has 0 radical (unpaired) electrons. The Morgan fingerprint density at radius 1 is 1.11 bits per heavy atom. The van der Waals surface area contributed by atoms with E-state index in [1.54, 1.807) is 36.1 Å². The van der Waals surface area contributed by atoms with Gasteiger partial charge >= 0.3 is 0 Å². The molecule has 0 unspecified atom stereocenters. The van der Waals surface area contributed by atoms with Gasteiger partial charge in [-0.1, -0.05) is 17.7 Å². The Kier molecular flexibility index (Phi) is 4.76. The molecule has 2 aliphatic heterocycles. The number of aryl methyl sites for hydroxylation is 2. The first-order chi connectivity index (χ1) is 13.3. The van der Waals surface area contributed by atoms with Crippen LogP contribution in [0.25, 0.3) is 0 Å². The molecule has 1 fully saturated rings. The summed E-state index contributed by atoms with van der Waals surface area (Å²) in [6.07, 6.45) is 0.295. The average molecular weight is 402 g/mol. The summed E-state index contributed by atoms with van der Waals surface area (Å²) in [7, 11) is -3.62. The number of carbonyl (C=O) groups is 1. The van der Waals surface area contributed by atoms with Crippen LogP contribution < -0.4 is 19.1 Å². The fraction of sp³-hybridized carbons (Fsp3) is 0.350. The average Bonchev–Trinajstić information content (AvgIpc) is 3.25. The highest BCUT2D eigenvalue weighted by molar-refractivity contribution is 7.89. The number of fused-ring (bicyclic) bond motifs is 1. The molecule has 28 heavy (non-hydrogen) atoms. The van der Waals surface area contributed by atoms with Gasteiger partial charge in [-0.2, -0.15) is 0 Å². The van der Waals surface area contributed by atoms with Crippen molar-refractivity contribution in [2.45, 2.75) is 25.2 Å². The number of ether oxygens (including phenoxy) is 2. The molecule has 2 aromatic rings. The number of nitrogens with one attached hydrogen (secondary N) is 1. The van der Waals surface area contributed by atoms with Gasteiger partial charge in [0, 0.05) is 31.3 Å². The summed E-state index contributed by atoms with van der Waals surface area (Å²) >= 11 is 0. The summed E-state index contributed by atoms with van der Waals surface area (Å²) in [6.45, 7) is 4.54. The van der Waals surface area contributed by atoms with Gasteiger partial charge in [-0.25, -0.2) is 13.1 Å². The topological polar surface area (TPSA) is 84.9 Å². The normalized spacial score (nSPS) is 18.7. The van der Waals surface area contributed by atoms with E-state index < -0.39 is 10.0 Å². The maximum atomic E-state index is 12.6. The lowest BCUT2D eigenvalue weighted by Gasteiger charge is -2.17. The molecule has 1 N–H and O–H groups in total. The van der Waals surface area contributed by atoms with Crippen molar-refractivity contribution in [2.75, 3.05) is 24.8 Å². The summed E-state index contributed by atoms with van der Waals surface area (Å²) in [5, 5.41) is 0. The highest BCUT2D eigenvalue weighted by atomic mass is 32.2. The molecule has 2 aromatic carbocycles. The van der Waals surface area contributed by atoms with E-state index in [2.05, 4.69) is 4.72 Å². The van der Waals surface area contributed by atoms with E-state index in [9.17, 15) is 13.2 Å². The van der Waals surface area contributed by atoms with E-state index in [1.807, 2.05) is 19.1 Å². The zero-order valence-electron chi connectivity index (χ0n) is 15.8. The second-order valence-electron chi connectivity index (χ2n) is 7.23. The summed E-state index contributed by atoms with van der Waals surface area (Å²) in [4.78, 5) is 14.4. The van der Waals surface area contributed by atoms with Gasteiger partial charge in [-0.15, -0.1) is 0 Å². The lowest BCUT2D eigenvalue weighted by molar-refractivity contribution is -0.117. The number of amides is 1. The highest BCUT2D eigenvalue weighted by Crippen LogP contribution is 2.37. The summed E-state index contributed by atoms with van der Waals surface area (Å²) in [6, 6.07) is 10.6. The van der Waals surface area contributed by atoms with Crippen LogP contribution in [0.2, 0.25) is 0 Å². The third-order valence-electron chi connectivity index (χ3n) is 5.05. The maximum Gasteiger partial charge on any atom is 0.240 e. The minimum Gasteiger partial charge on any atom is -0.454 e. The third-order valence-corrected chi connectivity index (χ3v) is 6.64. The zero-order valence-corrected chi connectivity index (χ0v) is 16.6. The Bertz CT molecular complexity index is 1030. The van der Waals surface area contributed by atoms with E-state index in [0.29, 0.717) is 30.0 Å². The molecule has 1 saturated heterocycles. The first-order valence-electron chi connectivity index (χ1n) is 9.10. The lowest BCUT2D eigenvalue weighted by Crippen LogP contribution is -2.31. The molecule has 1 amide bonds. The van der Waals surface area contributed by atoms with Crippen LogP contribution in [0.5, 0.6) is 11.5 Å². The molecule has 0 aliphatic carbocycles. The van der Waals surface area contributed by atoms with Gasteiger partial charge in [0.1, 0.15) is 0 Å². The van der Waals surface area contributed by atoms with Crippen molar-refractivity contribution >= 4 is 21.6 Å². The Morgan fingerprint density at radius 3 is 2.68 bits per heavy atom. The summed E-state index contributed by atoms with van der Waals surface area (Å²) in [5.74, 6) is 1.14. The van der Waals surface area contributed by atoms with Gasteiger partial charge in [0.25, 0.3) is 0 Å². The van der Waals surface area contributed by atoms with Crippen LogP contribution in [-0.2, 0) is 14.8 Å². The number of anilines is 1. The summed E-state index contributed by atoms with van der Waals surface area (Å²) in [5.41, 5.74) is 2.45. The number of benzene rings is 2. The molecule has 0 spiro atoms. The van der Waals surface area contributed by atoms with Crippen molar-refractivity contribution in [3.63, 3.8) is 0 Å². The fourth-order valence-electron chi connectivity index (χ4n) is 3.63. The minimum absolute atomic E-state index is 0.0328. The van der Waals surface area contributed by atoms with E-state index in [0.717, 1.165) is 11.3 Å². The Balaban J connectivity index is 1.43. The number of sulfonamides is 1. The van der Waals surface area contributed by atoms with Gasteiger partial charge in [-0.3, -0.25) is 4.79 Å². The van der Waals surface area contributed by atoms with Crippen molar-refractivity contribution in [3.8, 4) is 11.5 Å². The molecule has 2 heterocycles.